The number of halogens is 3. The third kappa shape index (κ3) is 6.82. The first-order chi connectivity index (χ1) is 12.8. The quantitative estimate of drug-likeness (QED) is 0.449. The van der Waals surface area contributed by atoms with Crippen LogP contribution in [0.5, 0.6) is 0 Å². The van der Waals surface area contributed by atoms with Crippen molar-refractivity contribution in [3.8, 4) is 0 Å². The molecule has 0 fully saturated rings. The zero-order chi connectivity index (χ0) is 19.9. The SMILES string of the molecule is COC(=O)C(NC(=O)C=Cc1ccc(SC(F)(F)F)cc1)c1ccccc1. The van der Waals surface area contributed by atoms with Crippen LogP contribution in [-0.2, 0) is 14.3 Å². The lowest BCUT2D eigenvalue weighted by atomic mass is 10.1. The molecule has 0 aliphatic rings. The van der Waals surface area contributed by atoms with Crippen molar-refractivity contribution >= 4 is 29.7 Å². The van der Waals surface area contributed by atoms with Gasteiger partial charge in [0.05, 0.1) is 7.11 Å². The van der Waals surface area contributed by atoms with Crippen LogP contribution in [0.25, 0.3) is 6.08 Å². The van der Waals surface area contributed by atoms with Gasteiger partial charge in [0.2, 0.25) is 5.91 Å². The molecular weight excluding hydrogens is 379 g/mol. The maximum atomic E-state index is 12.3. The van der Waals surface area contributed by atoms with Gasteiger partial charge in [0, 0.05) is 11.0 Å². The number of hydrogen-bond acceptors (Lipinski definition) is 4. The zero-order valence-electron chi connectivity index (χ0n) is 14.2. The molecule has 0 saturated carbocycles. The summed E-state index contributed by atoms with van der Waals surface area (Å²) < 4.78 is 41.6. The molecule has 8 heteroatoms. The summed E-state index contributed by atoms with van der Waals surface area (Å²) in [4.78, 5) is 24.1. The summed E-state index contributed by atoms with van der Waals surface area (Å²) in [6, 6.07) is 13.2. The van der Waals surface area contributed by atoms with Crippen molar-refractivity contribution in [1.29, 1.82) is 0 Å². The fourth-order valence-corrected chi connectivity index (χ4v) is 2.72. The second kappa shape index (κ2) is 9.27. The average Bonchev–Trinajstić information content (AvgIpc) is 2.64. The van der Waals surface area contributed by atoms with Crippen LogP contribution in [0, 0.1) is 0 Å². The monoisotopic (exact) mass is 395 g/mol. The number of esters is 1. The summed E-state index contributed by atoms with van der Waals surface area (Å²) in [5.41, 5.74) is -3.23. The molecule has 2 aromatic rings. The van der Waals surface area contributed by atoms with Crippen molar-refractivity contribution in [1.82, 2.24) is 5.32 Å². The standard InChI is InChI=1S/C19H16F3NO3S/c1-26-18(25)17(14-5-3-2-4-6-14)23-16(24)12-9-13-7-10-15(11-8-13)27-19(20,21)22/h2-12,17H,1H3,(H,23,24). The average molecular weight is 395 g/mol. The molecule has 27 heavy (non-hydrogen) atoms. The van der Waals surface area contributed by atoms with Crippen LogP contribution in [0.1, 0.15) is 17.2 Å². The molecule has 1 N–H and O–H groups in total. The summed E-state index contributed by atoms with van der Waals surface area (Å²) in [5, 5.41) is 2.54. The van der Waals surface area contributed by atoms with Crippen LogP contribution < -0.4 is 5.32 Å². The molecule has 0 spiro atoms. The molecule has 0 bridgehead atoms. The highest BCUT2D eigenvalue weighted by Crippen LogP contribution is 2.36. The minimum atomic E-state index is -4.35. The van der Waals surface area contributed by atoms with Crippen LogP contribution in [0.15, 0.2) is 65.6 Å². The number of carbonyl (C=O) groups is 2. The smallest absolute Gasteiger partial charge is 0.446 e. The molecule has 0 aromatic heterocycles. The van der Waals surface area contributed by atoms with Crippen molar-refractivity contribution in [2.45, 2.75) is 16.4 Å². The topological polar surface area (TPSA) is 55.4 Å². The van der Waals surface area contributed by atoms with Gasteiger partial charge in [0.1, 0.15) is 0 Å². The van der Waals surface area contributed by atoms with Crippen LogP contribution in [-0.4, -0.2) is 24.5 Å². The van der Waals surface area contributed by atoms with Crippen LogP contribution >= 0.6 is 11.8 Å². The number of ether oxygens (including phenoxy) is 1. The van der Waals surface area contributed by atoms with E-state index in [2.05, 4.69) is 5.32 Å². The summed E-state index contributed by atoms with van der Waals surface area (Å²) >= 11 is -0.209. The molecule has 0 heterocycles. The van der Waals surface area contributed by atoms with E-state index in [-0.39, 0.29) is 16.7 Å². The molecule has 2 aromatic carbocycles. The maximum absolute atomic E-state index is 12.3. The van der Waals surface area contributed by atoms with Gasteiger partial charge in [-0.15, -0.1) is 0 Å². The zero-order valence-corrected chi connectivity index (χ0v) is 15.0. The molecule has 0 saturated heterocycles. The fraction of sp³-hybridized carbons (Fsp3) is 0.158. The van der Waals surface area contributed by atoms with Gasteiger partial charge in [0.25, 0.3) is 0 Å². The van der Waals surface area contributed by atoms with E-state index in [0.717, 1.165) is 0 Å². The van der Waals surface area contributed by atoms with E-state index in [9.17, 15) is 22.8 Å². The highest BCUT2D eigenvalue weighted by atomic mass is 32.2. The molecule has 1 amide bonds. The Kier molecular flexibility index (Phi) is 7.06. The van der Waals surface area contributed by atoms with E-state index in [0.29, 0.717) is 11.1 Å². The molecule has 1 unspecified atom stereocenters. The molecule has 4 nitrogen and oxygen atoms in total. The third-order valence-electron chi connectivity index (χ3n) is 3.40. The molecule has 0 aliphatic carbocycles. The van der Waals surface area contributed by atoms with Crippen LogP contribution in [0.2, 0.25) is 0 Å². The molecular formula is C19H16F3NO3S. The minimum Gasteiger partial charge on any atom is -0.467 e. The van der Waals surface area contributed by atoms with Crippen molar-refractivity contribution < 1.29 is 27.5 Å². The van der Waals surface area contributed by atoms with Gasteiger partial charge in [-0.05, 0) is 41.1 Å². The molecule has 0 radical (unpaired) electrons. The molecule has 1 atom stereocenters. The Morgan fingerprint density at radius 2 is 1.70 bits per heavy atom. The van der Waals surface area contributed by atoms with E-state index in [1.165, 1.54) is 43.5 Å². The van der Waals surface area contributed by atoms with Crippen molar-refractivity contribution in [3.63, 3.8) is 0 Å². The van der Waals surface area contributed by atoms with Crippen molar-refractivity contribution in [3.05, 3.63) is 71.8 Å². The number of carbonyl (C=O) groups excluding carboxylic acids is 2. The second-order valence-electron chi connectivity index (χ2n) is 5.33. The summed E-state index contributed by atoms with van der Waals surface area (Å²) in [7, 11) is 1.22. The van der Waals surface area contributed by atoms with Gasteiger partial charge in [0.15, 0.2) is 6.04 Å². The van der Waals surface area contributed by atoms with Gasteiger partial charge in [-0.25, -0.2) is 4.79 Å². The Bertz CT molecular complexity index is 805. The Balaban J connectivity index is 2.03. The number of methoxy groups -OCH3 is 1. The number of thioether (sulfide) groups is 1. The largest absolute Gasteiger partial charge is 0.467 e. The van der Waals surface area contributed by atoms with E-state index in [1.807, 2.05) is 0 Å². The number of hydrogen-bond donors (Lipinski definition) is 1. The van der Waals surface area contributed by atoms with E-state index >= 15 is 0 Å². The van der Waals surface area contributed by atoms with Gasteiger partial charge in [-0.2, -0.15) is 13.2 Å². The Hall–Kier alpha value is -2.74. The van der Waals surface area contributed by atoms with E-state index < -0.39 is 23.4 Å². The number of nitrogens with one attached hydrogen (secondary N) is 1. The summed E-state index contributed by atoms with van der Waals surface area (Å²) in [6.45, 7) is 0. The molecule has 2 rings (SSSR count). The summed E-state index contributed by atoms with van der Waals surface area (Å²) in [6.07, 6.45) is 2.64. The number of amides is 1. The normalized spacial score (nSPS) is 12.6. The predicted octanol–water partition coefficient (Wildman–Crippen LogP) is 4.34. The first-order valence-electron chi connectivity index (χ1n) is 7.75. The van der Waals surface area contributed by atoms with Crippen molar-refractivity contribution in [2.75, 3.05) is 7.11 Å². The van der Waals surface area contributed by atoms with E-state index in [4.69, 9.17) is 4.74 Å². The Labute approximate surface area is 158 Å². The Morgan fingerprint density at radius 1 is 1.07 bits per heavy atom. The first-order valence-corrected chi connectivity index (χ1v) is 8.57. The van der Waals surface area contributed by atoms with Gasteiger partial charge in [-0.3, -0.25) is 4.79 Å². The van der Waals surface area contributed by atoms with Crippen molar-refractivity contribution in [2.24, 2.45) is 0 Å². The lowest BCUT2D eigenvalue weighted by Crippen LogP contribution is -2.33. The second-order valence-corrected chi connectivity index (χ2v) is 6.46. The Morgan fingerprint density at radius 3 is 2.26 bits per heavy atom. The highest BCUT2D eigenvalue weighted by molar-refractivity contribution is 8.00. The fourth-order valence-electron chi connectivity index (χ4n) is 2.18. The van der Waals surface area contributed by atoms with Gasteiger partial charge >= 0.3 is 11.5 Å². The van der Waals surface area contributed by atoms with Gasteiger partial charge in [-0.1, -0.05) is 42.5 Å². The van der Waals surface area contributed by atoms with Crippen LogP contribution in [0.3, 0.4) is 0 Å². The minimum absolute atomic E-state index is 0.0546. The number of rotatable bonds is 6. The van der Waals surface area contributed by atoms with Gasteiger partial charge < -0.3 is 10.1 Å². The first kappa shape index (κ1) is 20.6. The predicted molar refractivity (Wildman–Crippen MR) is 96.7 cm³/mol. The van der Waals surface area contributed by atoms with Crippen LogP contribution in [0.4, 0.5) is 13.2 Å². The number of benzene rings is 2. The van der Waals surface area contributed by atoms with E-state index in [1.54, 1.807) is 30.3 Å². The lowest BCUT2D eigenvalue weighted by molar-refractivity contribution is -0.144. The number of alkyl halides is 3. The highest BCUT2D eigenvalue weighted by Gasteiger charge is 2.29. The third-order valence-corrected chi connectivity index (χ3v) is 4.14. The lowest BCUT2D eigenvalue weighted by Gasteiger charge is -2.15. The molecule has 142 valence electrons. The molecule has 0 aliphatic heterocycles. The summed E-state index contributed by atoms with van der Waals surface area (Å²) in [5.74, 6) is -1.15. The maximum Gasteiger partial charge on any atom is 0.446 e.